The molecule has 158 valence electrons. The molecule has 0 radical (unpaired) electrons. The minimum Gasteiger partial charge on any atom is -0.493 e. The van der Waals surface area contributed by atoms with E-state index in [1.807, 2.05) is 42.5 Å². The molecule has 0 unspecified atom stereocenters. The third-order valence-corrected chi connectivity index (χ3v) is 5.31. The van der Waals surface area contributed by atoms with Crippen molar-refractivity contribution in [3.63, 3.8) is 0 Å². The molecule has 1 atom stereocenters. The molecule has 1 aliphatic heterocycles. The van der Waals surface area contributed by atoms with Crippen molar-refractivity contribution in [2.24, 2.45) is 0 Å². The van der Waals surface area contributed by atoms with Crippen LogP contribution >= 0.6 is 0 Å². The van der Waals surface area contributed by atoms with E-state index in [1.165, 1.54) is 0 Å². The maximum Gasteiger partial charge on any atom is 0.339 e. The van der Waals surface area contributed by atoms with Crippen LogP contribution in [0.25, 0.3) is 0 Å². The largest absolute Gasteiger partial charge is 0.493 e. The number of hydrogen-bond donors (Lipinski definition) is 1. The first kappa shape index (κ1) is 20.5. The number of nitrogens with one attached hydrogen (secondary N) is 1. The van der Waals surface area contributed by atoms with E-state index < -0.39 is 0 Å². The quantitative estimate of drug-likeness (QED) is 0.612. The van der Waals surface area contributed by atoms with E-state index >= 15 is 0 Å². The number of fused-ring (bicyclic) bond motifs is 1. The van der Waals surface area contributed by atoms with Crippen molar-refractivity contribution in [1.82, 2.24) is 5.32 Å². The minimum absolute atomic E-state index is 0.215. The zero-order valence-electron chi connectivity index (χ0n) is 17.4. The monoisotopic (exact) mass is 417 g/mol. The second-order valence-electron chi connectivity index (χ2n) is 7.25. The Morgan fingerprint density at radius 1 is 1.00 bits per heavy atom. The summed E-state index contributed by atoms with van der Waals surface area (Å²) in [5.41, 5.74) is 3.63. The molecule has 1 amide bonds. The molecule has 0 aromatic heterocycles. The lowest BCUT2D eigenvalue weighted by Crippen LogP contribution is -2.25. The van der Waals surface area contributed by atoms with Crippen LogP contribution in [0.2, 0.25) is 0 Å². The van der Waals surface area contributed by atoms with Crippen molar-refractivity contribution in [3.05, 3.63) is 94.5 Å². The topological polar surface area (TPSA) is 73.9 Å². The van der Waals surface area contributed by atoms with Crippen LogP contribution in [0.3, 0.4) is 0 Å². The van der Waals surface area contributed by atoms with Gasteiger partial charge in [-0.25, -0.2) is 4.79 Å². The van der Waals surface area contributed by atoms with Gasteiger partial charge in [0.1, 0.15) is 6.10 Å². The Labute approximate surface area is 180 Å². The van der Waals surface area contributed by atoms with Crippen LogP contribution in [0, 0.1) is 0 Å². The Morgan fingerprint density at radius 2 is 1.77 bits per heavy atom. The van der Waals surface area contributed by atoms with Crippen molar-refractivity contribution in [2.45, 2.75) is 19.1 Å². The van der Waals surface area contributed by atoms with E-state index in [9.17, 15) is 9.59 Å². The van der Waals surface area contributed by atoms with Gasteiger partial charge < -0.3 is 19.5 Å². The number of benzene rings is 3. The fourth-order valence-corrected chi connectivity index (χ4v) is 3.67. The number of ether oxygens (including phenoxy) is 3. The summed E-state index contributed by atoms with van der Waals surface area (Å²) < 4.78 is 16.1. The molecule has 6 nitrogen and oxygen atoms in total. The highest BCUT2D eigenvalue weighted by Gasteiger charge is 2.28. The average Bonchev–Trinajstić information content (AvgIpc) is 2.82. The zero-order chi connectivity index (χ0) is 21.8. The molecular weight excluding hydrogens is 394 g/mol. The van der Waals surface area contributed by atoms with Crippen LogP contribution in [0.4, 0.5) is 0 Å². The zero-order valence-corrected chi connectivity index (χ0v) is 17.4. The van der Waals surface area contributed by atoms with Crippen LogP contribution < -0.4 is 14.8 Å². The van der Waals surface area contributed by atoms with Gasteiger partial charge in [-0.2, -0.15) is 0 Å². The van der Waals surface area contributed by atoms with Gasteiger partial charge in [-0.1, -0.05) is 36.4 Å². The maximum absolute atomic E-state index is 12.7. The van der Waals surface area contributed by atoms with Gasteiger partial charge in [0.05, 0.1) is 19.8 Å². The molecule has 4 rings (SSSR count). The average molecular weight is 417 g/mol. The van der Waals surface area contributed by atoms with E-state index in [-0.39, 0.29) is 18.0 Å². The molecule has 1 N–H and O–H groups in total. The highest BCUT2D eigenvalue weighted by molar-refractivity contribution is 5.97. The Morgan fingerprint density at radius 3 is 2.52 bits per heavy atom. The Balaban J connectivity index is 1.48. The second-order valence-corrected chi connectivity index (χ2v) is 7.25. The van der Waals surface area contributed by atoms with Crippen molar-refractivity contribution in [2.75, 3.05) is 14.2 Å². The molecule has 6 heteroatoms. The fraction of sp³-hybridized carbons (Fsp3) is 0.200. The number of amides is 1. The van der Waals surface area contributed by atoms with Crippen molar-refractivity contribution in [1.29, 1.82) is 0 Å². The molecule has 0 fully saturated rings. The molecular formula is C25H23NO5. The Hall–Kier alpha value is -3.80. The summed E-state index contributed by atoms with van der Waals surface area (Å²) in [5.74, 6) is 0.654. The number of hydrogen-bond acceptors (Lipinski definition) is 5. The van der Waals surface area contributed by atoms with Crippen LogP contribution in [-0.2, 0) is 17.7 Å². The summed E-state index contributed by atoms with van der Waals surface area (Å²) in [6, 6.07) is 20.2. The Kier molecular flexibility index (Phi) is 5.89. The maximum atomic E-state index is 12.7. The van der Waals surface area contributed by atoms with E-state index in [0.29, 0.717) is 35.6 Å². The van der Waals surface area contributed by atoms with Crippen LogP contribution in [0.5, 0.6) is 11.5 Å². The number of cyclic esters (lactones) is 1. The van der Waals surface area contributed by atoms with Gasteiger partial charge in [-0.3, -0.25) is 4.79 Å². The van der Waals surface area contributed by atoms with E-state index in [4.69, 9.17) is 14.2 Å². The van der Waals surface area contributed by atoms with Gasteiger partial charge in [0.2, 0.25) is 0 Å². The van der Waals surface area contributed by atoms with Crippen molar-refractivity contribution < 1.29 is 23.8 Å². The number of rotatable bonds is 6. The summed E-state index contributed by atoms with van der Waals surface area (Å²) >= 11 is 0. The van der Waals surface area contributed by atoms with E-state index in [1.54, 1.807) is 38.5 Å². The highest BCUT2D eigenvalue weighted by Crippen LogP contribution is 2.31. The molecule has 0 spiro atoms. The minimum atomic E-state index is -0.368. The first-order chi connectivity index (χ1) is 15.1. The molecule has 0 aliphatic carbocycles. The number of carbonyl (C=O) groups excluding carboxylic acids is 2. The van der Waals surface area contributed by atoms with Crippen LogP contribution in [-0.4, -0.2) is 26.1 Å². The van der Waals surface area contributed by atoms with Gasteiger partial charge >= 0.3 is 5.97 Å². The second kappa shape index (κ2) is 8.92. The van der Waals surface area contributed by atoms with Crippen LogP contribution in [0.15, 0.2) is 66.7 Å². The fourth-order valence-electron chi connectivity index (χ4n) is 3.67. The third kappa shape index (κ3) is 4.38. The number of esters is 1. The van der Waals surface area contributed by atoms with Gasteiger partial charge in [-0.05, 0) is 47.0 Å². The lowest BCUT2D eigenvalue weighted by atomic mass is 9.93. The van der Waals surface area contributed by atoms with Crippen LogP contribution in [0.1, 0.15) is 43.5 Å². The van der Waals surface area contributed by atoms with E-state index in [0.717, 1.165) is 16.7 Å². The van der Waals surface area contributed by atoms with Crippen molar-refractivity contribution >= 4 is 11.9 Å². The van der Waals surface area contributed by atoms with Gasteiger partial charge in [-0.15, -0.1) is 0 Å². The molecule has 3 aromatic carbocycles. The summed E-state index contributed by atoms with van der Waals surface area (Å²) in [5, 5.41) is 2.91. The van der Waals surface area contributed by atoms with Gasteiger partial charge in [0.15, 0.2) is 11.5 Å². The van der Waals surface area contributed by atoms with E-state index in [2.05, 4.69) is 5.32 Å². The highest BCUT2D eigenvalue weighted by atomic mass is 16.5. The third-order valence-electron chi connectivity index (χ3n) is 5.31. The van der Waals surface area contributed by atoms with Gasteiger partial charge in [0, 0.05) is 18.5 Å². The standard InChI is InChI=1S/C25H23NO5/c1-29-21-11-8-16(12-23(21)30-2)15-26-24(27)18-9-10-20-19(13-18)14-22(31-25(20)28)17-6-4-3-5-7-17/h3-13,22H,14-15H2,1-2H3,(H,26,27)/t22-/m1/s1. The first-order valence-corrected chi connectivity index (χ1v) is 9.97. The summed E-state index contributed by atoms with van der Waals surface area (Å²) in [4.78, 5) is 25.2. The summed E-state index contributed by atoms with van der Waals surface area (Å²) in [6.45, 7) is 0.338. The van der Waals surface area contributed by atoms with Crippen molar-refractivity contribution in [3.8, 4) is 11.5 Å². The normalized spacial score (nSPS) is 14.9. The number of methoxy groups -OCH3 is 2. The summed E-state index contributed by atoms with van der Waals surface area (Å²) in [7, 11) is 3.15. The lowest BCUT2D eigenvalue weighted by Gasteiger charge is -2.25. The molecule has 0 saturated heterocycles. The SMILES string of the molecule is COc1ccc(CNC(=O)c2ccc3c(c2)C[C@H](c2ccccc2)OC3=O)cc1OC. The van der Waals surface area contributed by atoms with Gasteiger partial charge in [0.25, 0.3) is 5.91 Å². The number of carbonyl (C=O) groups is 2. The summed E-state index contributed by atoms with van der Waals surface area (Å²) in [6.07, 6.45) is 0.174. The first-order valence-electron chi connectivity index (χ1n) is 9.97. The molecule has 3 aromatic rings. The predicted octanol–water partition coefficient (Wildman–Crippen LogP) is 4.09. The molecule has 31 heavy (non-hydrogen) atoms. The lowest BCUT2D eigenvalue weighted by molar-refractivity contribution is 0.0252. The Bertz CT molecular complexity index is 1110. The molecule has 1 aliphatic rings. The molecule has 0 saturated carbocycles. The molecule has 1 heterocycles. The predicted molar refractivity (Wildman–Crippen MR) is 115 cm³/mol. The molecule has 0 bridgehead atoms. The smallest absolute Gasteiger partial charge is 0.339 e.